The Hall–Kier alpha value is -1.06. The molecule has 0 spiro atoms. The van der Waals surface area contributed by atoms with Gasteiger partial charge in [0.2, 0.25) is 0 Å². The van der Waals surface area contributed by atoms with Crippen molar-refractivity contribution in [1.82, 2.24) is 0 Å². The Kier molecular flexibility index (Phi) is 5.45. The van der Waals surface area contributed by atoms with E-state index >= 15 is 0 Å². The number of anilines is 1. The van der Waals surface area contributed by atoms with Gasteiger partial charge in [0, 0.05) is 18.8 Å². The Morgan fingerprint density at radius 3 is 2.18 bits per heavy atom. The highest BCUT2D eigenvalue weighted by Gasteiger charge is 2.13. The van der Waals surface area contributed by atoms with Crippen molar-refractivity contribution in [2.45, 2.75) is 26.7 Å². The van der Waals surface area contributed by atoms with Gasteiger partial charge < -0.3 is 15.1 Å². The van der Waals surface area contributed by atoms with Gasteiger partial charge in [-0.1, -0.05) is 26.0 Å². The van der Waals surface area contributed by atoms with Crippen molar-refractivity contribution >= 4 is 5.69 Å². The quantitative estimate of drug-likeness (QED) is 0.794. The van der Waals surface area contributed by atoms with Crippen molar-refractivity contribution in [3.05, 3.63) is 29.3 Å². The zero-order valence-electron chi connectivity index (χ0n) is 11.0. The number of nitrogens with zero attached hydrogens (tertiary/aromatic N) is 1. The summed E-state index contributed by atoms with van der Waals surface area (Å²) < 4.78 is 0. The van der Waals surface area contributed by atoms with Crippen molar-refractivity contribution in [3.8, 4) is 0 Å². The predicted molar refractivity (Wildman–Crippen MR) is 71.7 cm³/mol. The maximum atomic E-state index is 9.10. The predicted octanol–water partition coefficient (Wildman–Crippen LogP) is 1.91. The van der Waals surface area contributed by atoms with Crippen molar-refractivity contribution < 1.29 is 10.2 Å². The topological polar surface area (TPSA) is 43.7 Å². The van der Waals surface area contributed by atoms with Gasteiger partial charge in [0.05, 0.1) is 13.2 Å². The third-order valence-electron chi connectivity index (χ3n) is 2.89. The fraction of sp³-hybridized carbons (Fsp3) is 0.571. The Morgan fingerprint density at radius 1 is 1.12 bits per heavy atom. The molecule has 0 atom stereocenters. The van der Waals surface area contributed by atoms with E-state index in [2.05, 4.69) is 39.0 Å². The molecule has 0 unspecified atom stereocenters. The zero-order valence-corrected chi connectivity index (χ0v) is 11.0. The normalized spacial score (nSPS) is 10.9. The molecule has 3 heteroatoms. The van der Waals surface area contributed by atoms with Gasteiger partial charge in [-0.2, -0.15) is 0 Å². The van der Waals surface area contributed by atoms with Gasteiger partial charge in [0.15, 0.2) is 0 Å². The molecule has 0 radical (unpaired) electrons. The van der Waals surface area contributed by atoms with E-state index in [0.717, 1.165) is 5.69 Å². The van der Waals surface area contributed by atoms with Crippen LogP contribution in [0, 0.1) is 6.92 Å². The van der Waals surface area contributed by atoms with Gasteiger partial charge in [-0.15, -0.1) is 0 Å². The number of hydrogen-bond acceptors (Lipinski definition) is 3. The minimum absolute atomic E-state index is 0.103. The maximum absolute atomic E-state index is 9.10. The van der Waals surface area contributed by atoms with Crippen LogP contribution >= 0.6 is 0 Å². The lowest BCUT2D eigenvalue weighted by Crippen LogP contribution is -2.30. The van der Waals surface area contributed by atoms with E-state index in [1.54, 1.807) is 0 Å². The van der Waals surface area contributed by atoms with Crippen LogP contribution in [0.2, 0.25) is 0 Å². The lowest BCUT2D eigenvalue weighted by molar-refractivity contribution is 0.281. The SMILES string of the molecule is Cc1ccc(C(C)C)c(N(CCO)CCO)c1. The monoisotopic (exact) mass is 237 g/mol. The molecule has 1 rings (SSSR count). The standard InChI is InChI=1S/C14H23NO2/c1-11(2)13-5-4-12(3)10-14(13)15(6-8-16)7-9-17/h4-5,10-11,16-17H,6-9H2,1-3H3. The van der Waals surface area contributed by atoms with E-state index in [1.165, 1.54) is 11.1 Å². The average molecular weight is 237 g/mol. The van der Waals surface area contributed by atoms with Crippen LogP contribution < -0.4 is 4.90 Å². The van der Waals surface area contributed by atoms with Gasteiger partial charge in [0.25, 0.3) is 0 Å². The minimum atomic E-state index is 0.103. The van der Waals surface area contributed by atoms with Gasteiger partial charge in [0.1, 0.15) is 0 Å². The van der Waals surface area contributed by atoms with Crippen LogP contribution in [0.25, 0.3) is 0 Å². The first-order valence-electron chi connectivity index (χ1n) is 6.17. The number of benzene rings is 1. The molecule has 0 saturated heterocycles. The summed E-state index contributed by atoms with van der Waals surface area (Å²) in [6, 6.07) is 6.37. The first-order valence-corrected chi connectivity index (χ1v) is 6.17. The molecular weight excluding hydrogens is 214 g/mol. The molecule has 0 aliphatic heterocycles. The summed E-state index contributed by atoms with van der Waals surface area (Å²) in [6.07, 6.45) is 0. The van der Waals surface area contributed by atoms with E-state index in [4.69, 9.17) is 10.2 Å². The van der Waals surface area contributed by atoms with E-state index in [9.17, 15) is 0 Å². The van der Waals surface area contributed by atoms with Gasteiger partial charge in [-0.25, -0.2) is 0 Å². The summed E-state index contributed by atoms with van der Waals surface area (Å²) >= 11 is 0. The molecule has 0 aliphatic rings. The third kappa shape index (κ3) is 3.72. The molecule has 0 saturated carbocycles. The largest absolute Gasteiger partial charge is 0.395 e. The molecule has 17 heavy (non-hydrogen) atoms. The summed E-state index contributed by atoms with van der Waals surface area (Å²) in [4.78, 5) is 2.04. The smallest absolute Gasteiger partial charge is 0.0606 e. The van der Waals surface area contributed by atoms with E-state index in [-0.39, 0.29) is 13.2 Å². The molecule has 1 aromatic carbocycles. The highest BCUT2D eigenvalue weighted by atomic mass is 16.3. The molecule has 0 aromatic heterocycles. The van der Waals surface area contributed by atoms with Crippen molar-refractivity contribution in [3.63, 3.8) is 0 Å². The van der Waals surface area contributed by atoms with Gasteiger partial charge in [-0.05, 0) is 30.0 Å². The van der Waals surface area contributed by atoms with Gasteiger partial charge >= 0.3 is 0 Å². The van der Waals surface area contributed by atoms with Crippen LogP contribution in [0.15, 0.2) is 18.2 Å². The number of hydrogen-bond donors (Lipinski definition) is 2. The highest BCUT2D eigenvalue weighted by Crippen LogP contribution is 2.28. The van der Waals surface area contributed by atoms with Crippen LogP contribution in [-0.2, 0) is 0 Å². The van der Waals surface area contributed by atoms with E-state index < -0.39 is 0 Å². The van der Waals surface area contributed by atoms with Crippen molar-refractivity contribution in [1.29, 1.82) is 0 Å². The molecule has 0 fully saturated rings. The Bertz CT molecular complexity index is 344. The Labute approximate surface area is 104 Å². The summed E-state index contributed by atoms with van der Waals surface area (Å²) in [7, 11) is 0. The minimum Gasteiger partial charge on any atom is -0.395 e. The molecule has 3 nitrogen and oxygen atoms in total. The van der Waals surface area contributed by atoms with Crippen LogP contribution in [0.3, 0.4) is 0 Å². The van der Waals surface area contributed by atoms with Crippen molar-refractivity contribution in [2.24, 2.45) is 0 Å². The molecule has 0 amide bonds. The summed E-state index contributed by atoms with van der Waals surface area (Å²) in [6.45, 7) is 7.70. The maximum Gasteiger partial charge on any atom is 0.0606 e. The van der Waals surface area contributed by atoms with Crippen LogP contribution in [0.1, 0.15) is 30.9 Å². The molecule has 0 aliphatic carbocycles. The summed E-state index contributed by atoms with van der Waals surface area (Å²) in [5.41, 5.74) is 3.59. The van der Waals surface area contributed by atoms with Gasteiger partial charge in [-0.3, -0.25) is 0 Å². The van der Waals surface area contributed by atoms with Crippen molar-refractivity contribution in [2.75, 3.05) is 31.2 Å². The van der Waals surface area contributed by atoms with Crippen LogP contribution in [0.4, 0.5) is 5.69 Å². The number of aliphatic hydroxyl groups is 2. The van der Waals surface area contributed by atoms with E-state index in [1.807, 2.05) is 4.90 Å². The lowest BCUT2D eigenvalue weighted by atomic mass is 9.98. The molecule has 2 N–H and O–H groups in total. The molecule has 0 heterocycles. The molecular formula is C14H23NO2. The number of aryl methyl sites for hydroxylation is 1. The van der Waals surface area contributed by atoms with Crippen LogP contribution in [0.5, 0.6) is 0 Å². The highest BCUT2D eigenvalue weighted by molar-refractivity contribution is 5.56. The fourth-order valence-corrected chi connectivity index (χ4v) is 2.01. The first-order chi connectivity index (χ1) is 8.10. The average Bonchev–Trinajstić information content (AvgIpc) is 2.28. The summed E-state index contributed by atoms with van der Waals surface area (Å²) in [5, 5.41) is 18.2. The molecule has 96 valence electrons. The zero-order chi connectivity index (χ0) is 12.8. The van der Waals surface area contributed by atoms with E-state index in [0.29, 0.717) is 19.0 Å². The van der Waals surface area contributed by atoms with Crippen LogP contribution in [-0.4, -0.2) is 36.5 Å². The second kappa shape index (κ2) is 6.62. The number of rotatable bonds is 6. The summed E-state index contributed by atoms with van der Waals surface area (Å²) in [5.74, 6) is 0.436. The second-order valence-corrected chi connectivity index (χ2v) is 4.65. The number of aliphatic hydroxyl groups excluding tert-OH is 2. The Morgan fingerprint density at radius 2 is 1.71 bits per heavy atom. The second-order valence-electron chi connectivity index (χ2n) is 4.65. The molecule has 0 bridgehead atoms. The third-order valence-corrected chi connectivity index (χ3v) is 2.89. The fourth-order valence-electron chi connectivity index (χ4n) is 2.01. The Balaban J connectivity index is 3.09. The molecule has 1 aromatic rings. The lowest BCUT2D eigenvalue weighted by Gasteiger charge is -2.27. The first kappa shape index (κ1) is 14.0.